The Labute approximate surface area is 208 Å². The molecule has 0 radical (unpaired) electrons. The summed E-state index contributed by atoms with van der Waals surface area (Å²) < 4.78 is 65.2. The molecule has 2 heterocycles. The molecule has 1 aliphatic heterocycles. The van der Waals surface area contributed by atoms with E-state index >= 15 is 0 Å². The number of halogens is 3. The van der Waals surface area contributed by atoms with Crippen LogP contribution in [0.4, 0.5) is 18.9 Å². The molecule has 2 N–H and O–H groups in total. The average molecular weight is 533 g/mol. The zero-order valence-corrected chi connectivity index (χ0v) is 19.8. The molecule has 1 aliphatic rings. The number of amides is 1. The number of benzene rings is 2. The van der Waals surface area contributed by atoms with Gasteiger partial charge in [-0.1, -0.05) is 17.3 Å². The van der Waals surface area contributed by atoms with Gasteiger partial charge in [0.15, 0.2) is 5.76 Å². The topological polar surface area (TPSA) is 134 Å². The number of aliphatic hydroxyl groups is 1. The van der Waals surface area contributed by atoms with Crippen LogP contribution >= 0.6 is 0 Å². The number of anilines is 1. The molecule has 3 aromatic rings. The Morgan fingerprint density at radius 1 is 1.11 bits per heavy atom. The summed E-state index contributed by atoms with van der Waals surface area (Å²) in [5.74, 6) is -1.89. The SMILES string of the molecule is CN1C(C(=O)/C=C/c2cn(CC(=O)Nc3ccc(C(F)(F)F)cc3)nn2)=C(O)c2ccccc2S1(=O)=O. The Kier molecular flexibility index (Phi) is 6.61. The third-order valence-corrected chi connectivity index (χ3v) is 7.13. The largest absolute Gasteiger partial charge is 0.505 e. The van der Waals surface area contributed by atoms with Crippen molar-refractivity contribution in [3.63, 3.8) is 0 Å². The van der Waals surface area contributed by atoms with E-state index in [0.29, 0.717) is 4.31 Å². The number of aromatic nitrogens is 3. The first-order valence-electron chi connectivity index (χ1n) is 10.5. The highest BCUT2D eigenvalue weighted by Crippen LogP contribution is 2.35. The normalized spacial score (nSPS) is 15.1. The molecule has 1 aromatic heterocycles. The number of rotatable bonds is 6. The summed E-state index contributed by atoms with van der Waals surface area (Å²) >= 11 is 0. The van der Waals surface area contributed by atoms with Crippen molar-refractivity contribution in [3.05, 3.63) is 83.3 Å². The fraction of sp³-hybridized carbons (Fsp3) is 0.130. The van der Waals surface area contributed by atoms with E-state index in [1.54, 1.807) is 0 Å². The van der Waals surface area contributed by atoms with E-state index in [1.807, 2.05) is 0 Å². The number of likely N-dealkylation sites (N-methyl/N-ethyl adjacent to an activating group) is 1. The lowest BCUT2D eigenvalue weighted by Crippen LogP contribution is -2.34. The number of carbonyl (C=O) groups excluding carboxylic acids is 2. The molecular weight excluding hydrogens is 515 g/mol. The van der Waals surface area contributed by atoms with Crippen LogP contribution in [0.25, 0.3) is 11.8 Å². The van der Waals surface area contributed by atoms with Gasteiger partial charge in [0, 0.05) is 18.3 Å². The standard InChI is InChI=1S/C23H18F3N5O5S/c1-30-21(22(34)17-4-2-3-5-19(17)37(30,35)36)18(32)11-10-16-12-31(29-28-16)13-20(33)27-15-8-6-14(7-9-15)23(24,25)26/h2-12,34H,13H2,1H3,(H,27,33)/b11-10+. The smallest absolute Gasteiger partial charge is 0.416 e. The molecule has 0 saturated carbocycles. The van der Waals surface area contributed by atoms with Crippen molar-refractivity contribution in [2.24, 2.45) is 0 Å². The minimum absolute atomic E-state index is 0.00218. The first kappa shape index (κ1) is 25.6. The van der Waals surface area contributed by atoms with Crippen molar-refractivity contribution >= 4 is 39.2 Å². The number of ketones is 1. The van der Waals surface area contributed by atoms with Crippen LogP contribution in [0.5, 0.6) is 0 Å². The van der Waals surface area contributed by atoms with Gasteiger partial charge in [0.05, 0.1) is 16.7 Å². The number of fused-ring (bicyclic) bond motifs is 1. The van der Waals surface area contributed by atoms with E-state index < -0.39 is 44.9 Å². The summed E-state index contributed by atoms with van der Waals surface area (Å²) in [6.45, 7) is -0.320. The van der Waals surface area contributed by atoms with Crippen molar-refractivity contribution in [2.75, 3.05) is 12.4 Å². The summed E-state index contributed by atoms with van der Waals surface area (Å²) in [5.41, 5.74) is -0.985. The number of carbonyl (C=O) groups is 2. The molecule has 0 atom stereocenters. The number of sulfonamides is 1. The van der Waals surface area contributed by atoms with Crippen LogP contribution in [-0.2, 0) is 32.3 Å². The zero-order chi connectivity index (χ0) is 27.0. The number of nitrogens with one attached hydrogen (secondary N) is 1. The van der Waals surface area contributed by atoms with E-state index in [0.717, 1.165) is 42.1 Å². The summed E-state index contributed by atoms with van der Waals surface area (Å²) in [5, 5.41) is 20.5. The monoisotopic (exact) mass is 533 g/mol. The molecule has 0 bridgehead atoms. The van der Waals surface area contributed by atoms with Crippen LogP contribution in [0, 0.1) is 0 Å². The van der Waals surface area contributed by atoms with E-state index in [-0.39, 0.29) is 28.4 Å². The second-order valence-corrected chi connectivity index (χ2v) is 9.77. The first-order valence-corrected chi connectivity index (χ1v) is 11.9. The molecule has 0 aliphatic carbocycles. The number of nitrogens with zero attached hydrogens (tertiary/aromatic N) is 4. The Morgan fingerprint density at radius 3 is 2.46 bits per heavy atom. The number of allylic oxidation sites excluding steroid dienone is 1. The predicted molar refractivity (Wildman–Crippen MR) is 125 cm³/mol. The predicted octanol–water partition coefficient (Wildman–Crippen LogP) is 3.08. The maximum Gasteiger partial charge on any atom is 0.416 e. The van der Waals surface area contributed by atoms with E-state index in [1.165, 1.54) is 36.5 Å². The number of hydrogen-bond donors (Lipinski definition) is 2. The van der Waals surface area contributed by atoms with Gasteiger partial charge in [-0.25, -0.2) is 13.1 Å². The number of alkyl halides is 3. The summed E-state index contributed by atoms with van der Waals surface area (Å²) in [6.07, 6.45) is -0.945. The molecule has 1 amide bonds. The second-order valence-electron chi connectivity index (χ2n) is 7.83. The van der Waals surface area contributed by atoms with E-state index in [4.69, 9.17) is 0 Å². The Bertz CT molecular complexity index is 1540. The van der Waals surface area contributed by atoms with E-state index in [2.05, 4.69) is 15.6 Å². The molecule has 192 valence electrons. The van der Waals surface area contributed by atoms with Gasteiger partial charge in [0.2, 0.25) is 11.7 Å². The van der Waals surface area contributed by atoms with Gasteiger partial charge in [0.1, 0.15) is 17.9 Å². The van der Waals surface area contributed by atoms with Gasteiger partial charge < -0.3 is 10.4 Å². The highest BCUT2D eigenvalue weighted by molar-refractivity contribution is 7.89. The van der Waals surface area contributed by atoms with Crippen molar-refractivity contribution in [3.8, 4) is 0 Å². The second kappa shape index (κ2) is 9.54. The zero-order valence-electron chi connectivity index (χ0n) is 19.0. The summed E-state index contributed by atoms with van der Waals surface area (Å²) in [4.78, 5) is 24.8. The number of aliphatic hydroxyl groups excluding tert-OH is 1. The minimum Gasteiger partial charge on any atom is -0.505 e. The van der Waals surface area contributed by atoms with Crippen LogP contribution < -0.4 is 5.32 Å². The van der Waals surface area contributed by atoms with Gasteiger partial charge in [-0.05, 0) is 48.6 Å². The lowest BCUT2D eigenvalue weighted by atomic mass is 10.1. The highest BCUT2D eigenvalue weighted by Gasteiger charge is 2.36. The maximum absolute atomic E-state index is 12.8. The number of hydrogen-bond acceptors (Lipinski definition) is 7. The van der Waals surface area contributed by atoms with Crippen molar-refractivity contribution in [2.45, 2.75) is 17.6 Å². The molecule has 0 fully saturated rings. The van der Waals surface area contributed by atoms with Gasteiger partial charge in [-0.15, -0.1) is 5.10 Å². The molecule has 4 rings (SSSR count). The molecule has 0 saturated heterocycles. The van der Waals surface area contributed by atoms with Crippen molar-refractivity contribution in [1.82, 2.24) is 19.3 Å². The first-order chi connectivity index (χ1) is 17.4. The molecule has 37 heavy (non-hydrogen) atoms. The Balaban J connectivity index is 1.44. The lowest BCUT2D eigenvalue weighted by Gasteiger charge is -2.27. The van der Waals surface area contributed by atoms with Gasteiger partial charge >= 0.3 is 6.18 Å². The van der Waals surface area contributed by atoms with Crippen LogP contribution in [0.2, 0.25) is 0 Å². The Hall–Kier alpha value is -4.46. The van der Waals surface area contributed by atoms with Gasteiger partial charge in [-0.3, -0.25) is 13.9 Å². The molecule has 10 nitrogen and oxygen atoms in total. The fourth-order valence-corrected chi connectivity index (χ4v) is 4.91. The van der Waals surface area contributed by atoms with E-state index in [9.17, 15) is 36.3 Å². The van der Waals surface area contributed by atoms with Crippen LogP contribution in [0.15, 0.2) is 71.4 Å². The average Bonchev–Trinajstić information content (AvgIpc) is 3.28. The fourth-order valence-electron chi connectivity index (χ4n) is 3.50. The molecule has 0 unspecified atom stereocenters. The van der Waals surface area contributed by atoms with Crippen LogP contribution in [-0.4, -0.2) is 51.6 Å². The molecule has 14 heteroatoms. The quantitative estimate of drug-likeness (QED) is 0.465. The van der Waals surface area contributed by atoms with Crippen LogP contribution in [0.1, 0.15) is 16.8 Å². The van der Waals surface area contributed by atoms with Crippen LogP contribution in [0.3, 0.4) is 0 Å². The maximum atomic E-state index is 12.8. The van der Waals surface area contributed by atoms with Crippen molar-refractivity contribution in [1.29, 1.82) is 0 Å². The minimum atomic E-state index is -4.49. The Morgan fingerprint density at radius 2 is 1.78 bits per heavy atom. The van der Waals surface area contributed by atoms with Gasteiger partial charge in [-0.2, -0.15) is 13.2 Å². The summed E-state index contributed by atoms with van der Waals surface area (Å²) in [6, 6.07) is 9.64. The highest BCUT2D eigenvalue weighted by atomic mass is 32.2. The third kappa shape index (κ3) is 5.23. The molecule has 2 aromatic carbocycles. The van der Waals surface area contributed by atoms with Crippen molar-refractivity contribution < 1.29 is 36.3 Å². The molecule has 0 spiro atoms. The van der Waals surface area contributed by atoms with Gasteiger partial charge in [0.25, 0.3) is 10.0 Å². The lowest BCUT2D eigenvalue weighted by molar-refractivity contribution is -0.137. The molecular formula is C23H18F3N5O5S. The third-order valence-electron chi connectivity index (χ3n) is 5.32. The summed E-state index contributed by atoms with van der Waals surface area (Å²) in [7, 11) is -2.90.